The Morgan fingerprint density at radius 1 is 1.43 bits per heavy atom. The van der Waals surface area contributed by atoms with E-state index in [0.717, 1.165) is 18.8 Å². The Labute approximate surface area is 86.7 Å². The molecule has 0 aromatic carbocycles. The van der Waals surface area contributed by atoms with Crippen LogP contribution in [0.2, 0.25) is 0 Å². The van der Waals surface area contributed by atoms with Gasteiger partial charge in [0.2, 0.25) is 0 Å². The Hall–Kier alpha value is -1.13. The van der Waals surface area contributed by atoms with Crippen molar-refractivity contribution in [1.82, 2.24) is 10.5 Å². The molecule has 14 heavy (non-hydrogen) atoms. The summed E-state index contributed by atoms with van der Waals surface area (Å²) in [6.07, 6.45) is 1.66. The molecule has 0 saturated heterocycles. The number of nitrogens with one attached hydrogen (secondary N) is 1. The molecular formula is C10H12N2OS. The fourth-order valence-electron chi connectivity index (χ4n) is 1.22. The Bertz CT molecular complexity index is 380. The predicted molar refractivity (Wildman–Crippen MR) is 56.1 cm³/mol. The normalized spacial score (nSPS) is 10.6. The smallest absolute Gasteiger partial charge is 0.150 e. The highest BCUT2D eigenvalue weighted by Crippen LogP contribution is 2.14. The van der Waals surface area contributed by atoms with Gasteiger partial charge < -0.3 is 9.84 Å². The third-order valence-corrected chi connectivity index (χ3v) is 3.07. The molecule has 0 fully saturated rings. The average Bonchev–Trinajstić information content (AvgIpc) is 2.78. The molecule has 0 radical (unpaired) electrons. The van der Waals surface area contributed by atoms with E-state index in [2.05, 4.69) is 28.8 Å². The monoisotopic (exact) mass is 208 g/mol. The van der Waals surface area contributed by atoms with Gasteiger partial charge in [-0.1, -0.05) is 5.16 Å². The molecule has 0 bridgehead atoms. The van der Waals surface area contributed by atoms with Gasteiger partial charge >= 0.3 is 0 Å². The van der Waals surface area contributed by atoms with Crippen molar-refractivity contribution in [3.8, 4) is 0 Å². The van der Waals surface area contributed by atoms with Crippen molar-refractivity contribution in [3.05, 3.63) is 39.9 Å². The molecule has 0 saturated carbocycles. The van der Waals surface area contributed by atoms with Gasteiger partial charge in [-0.2, -0.15) is 0 Å². The maximum Gasteiger partial charge on any atom is 0.150 e. The van der Waals surface area contributed by atoms with Gasteiger partial charge in [-0.3, -0.25) is 0 Å². The average molecular weight is 208 g/mol. The third kappa shape index (κ3) is 2.21. The molecule has 0 aliphatic heterocycles. The lowest BCUT2D eigenvalue weighted by Crippen LogP contribution is -2.11. The maximum atomic E-state index is 4.97. The highest BCUT2D eigenvalue weighted by molar-refractivity contribution is 7.10. The zero-order valence-electron chi connectivity index (χ0n) is 7.99. The quantitative estimate of drug-likeness (QED) is 0.838. The topological polar surface area (TPSA) is 38.1 Å². The van der Waals surface area contributed by atoms with E-state index in [0.29, 0.717) is 0 Å². The fourth-order valence-corrected chi connectivity index (χ4v) is 2.09. The van der Waals surface area contributed by atoms with Crippen LogP contribution in [0.15, 0.2) is 28.2 Å². The van der Waals surface area contributed by atoms with E-state index in [1.54, 1.807) is 17.5 Å². The van der Waals surface area contributed by atoms with Gasteiger partial charge in [0.1, 0.15) is 5.76 Å². The first-order chi connectivity index (χ1) is 6.86. The van der Waals surface area contributed by atoms with Crippen molar-refractivity contribution < 1.29 is 4.52 Å². The molecule has 0 atom stereocenters. The first-order valence-electron chi connectivity index (χ1n) is 4.49. The molecule has 0 amide bonds. The second-order valence-corrected chi connectivity index (χ2v) is 4.11. The largest absolute Gasteiger partial charge is 0.360 e. The molecule has 2 aromatic heterocycles. The van der Waals surface area contributed by atoms with Gasteiger partial charge in [-0.05, 0) is 23.9 Å². The standard InChI is InChI=1S/C10H12N2OS/c1-8-3-5-14-10(8)7-11-6-9-2-4-12-13-9/h2-5,11H,6-7H2,1H3. The van der Waals surface area contributed by atoms with Crippen LogP contribution in [-0.4, -0.2) is 5.16 Å². The summed E-state index contributed by atoms with van der Waals surface area (Å²) < 4.78 is 4.97. The van der Waals surface area contributed by atoms with E-state index in [1.807, 2.05) is 6.07 Å². The van der Waals surface area contributed by atoms with Crippen LogP contribution < -0.4 is 5.32 Å². The Kier molecular flexibility index (Phi) is 2.96. The van der Waals surface area contributed by atoms with Crippen molar-refractivity contribution in [2.45, 2.75) is 20.0 Å². The second kappa shape index (κ2) is 4.39. The van der Waals surface area contributed by atoms with Crippen molar-refractivity contribution >= 4 is 11.3 Å². The van der Waals surface area contributed by atoms with E-state index in [-0.39, 0.29) is 0 Å². The minimum Gasteiger partial charge on any atom is -0.360 e. The molecule has 0 spiro atoms. The van der Waals surface area contributed by atoms with Crippen molar-refractivity contribution in [1.29, 1.82) is 0 Å². The number of rotatable bonds is 4. The summed E-state index contributed by atoms with van der Waals surface area (Å²) in [6.45, 7) is 3.75. The van der Waals surface area contributed by atoms with Gasteiger partial charge in [-0.15, -0.1) is 11.3 Å². The summed E-state index contributed by atoms with van der Waals surface area (Å²) in [7, 11) is 0. The molecule has 2 rings (SSSR count). The Balaban J connectivity index is 1.81. The van der Waals surface area contributed by atoms with Crippen LogP contribution >= 0.6 is 11.3 Å². The highest BCUT2D eigenvalue weighted by atomic mass is 32.1. The molecule has 2 heterocycles. The molecular weight excluding hydrogens is 196 g/mol. The van der Waals surface area contributed by atoms with Crippen molar-refractivity contribution in [3.63, 3.8) is 0 Å². The Morgan fingerprint density at radius 3 is 3.00 bits per heavy atom. The third-order valence-electron chi connectivity index (χ3n) is 2.04. The summed E-state index contributed by atoms with van der Waals surface area (Å²) in [5.74, 6) is 0.874. The highest BCUT2D eigenvalue weighted by Gasteiger charge is 2.00. The molecule has 0 aliphatic rings. The summed E-state index contributed by atoms with van der Waals surface area (Å²) in [5.41, 5.74) is 1.35. The van der Waals surface area contributed by atoms with Crippen LogP contribution in [-0.2, 0) is 13.1 Å². The zero-order chi connectivity index (χ0) is 9.80. The Morgan fingerprint density at radius 2 is 2.36 bits per heavy atom. The first-order valence-corrected chi connectivity index (χ1v) is 5.37. The summed E-state index contributed by atoms with van der Waals surface area (Å²) >= 11 is 1.78. The second-order valence-electron chi connectivity index (χ2n) is 3.11. The molecule has 2 aromatic rings. The molecule has 4 heteroatoms. The lowest BCUT2D eigenvalue weighted by molar-refractivity contribution is 0.373. The summed E-state index contributed by atoms with van der Waals surface area (Å²) in [4.78, 5) is 1.38. The van der Waals surface area contributed by atoms with Gasteiger partial charge in [0.25, 0.3) is 0 Å². The number of aromatic nitrogens is 1. The van der Waals surface area contributed by atoms with Crippen LogP contribution in [0, 0.1) is 6.92 Å². The zero-order valence-corrected chi connectivity index (χ0v) is 8.80. The van der Waals surface area contributed by atoms with Crippen LogP contribution in [0.25, 0.3) is 0 Å². The lowest BCUT2D eigenvalue weighted by atomic mass is 10.3. The van der Waals surface area contributed by atoms with Gasteiger partial charge in [0.05, 0.1) is 12.7 Å². The lowest BCUT2D eigenvalue weighted by Gasteiger charge is -2.00. The maximum absolute atomic E-state index is 4.97. The van der Waals surface area contributed by atoms with Crippen LogP contribution in [0.5, 0.6) is 0 Å². The number of hydrogen-bond acceptors (Lipinski definition) is 4. The SMILES string of the molecule is Cc1ccsc1CNCc1ccno1. The molecule has 74 valence electrons. The number of aryl methyl sites for hydroxylation is 1. The van der Waals surface area contributed by atoms with Gasteiger partial charge in [0, 0.05) is 17.5 Å². The fraction of sp³-hybridized carbons (Fsp3) is 0.300. The minimum absolute atomic E-state index is 0.733. The minimum atomic E-state index is 0.733. The molecule has 1 N–H and O–H groups in total. The summed E-state index contributed by atoms with van der Waals surface area (Å²) in [5, 5.41) is 9.06. The number of nitrogens with zero attached hydrogens (tertiary/aromatic N) is 1. The van der Waals surface area contributed by atoms with Crippen LogP contribution in [0.4, 0.5) is 0 Å². The van der Waals surface area contributed by atoms with E-state index in [9.17, 15) is 0 Å². The number of thiophene rings is 1. The predicted octanol–water partition coefficient (Wildman–Crippen LogP) is 2.33. The molecule has 3 nitrogen and oxygen atoms in total. The van der Waals surface area contributed by atoms with Gasteiger partial charge in [0.15, 0.2) is 0 Å². The van der Waals surface area contributed by atoms with Crippen molar-refractivity contribution in [2.24, 2.45) is 0 Å². The van der Waals surface area contributed by atoms with E-state index < -0.39 is 0 Å². The number of hydrogen-bond donors (Lipinski definition) is 1. The van der Waals surface area contributed by atoms with Crippen molar-refractivity contribution in [2.75, 3.05) is 0 Å². The van der Waals surface area contributed by atoms with Crippen LogP contribution in [0.3, 0.4) is 0 Å². The summed E-state index contributed by atoms with van der Waals surface area (Å²) in [6, 6.07) is 4.00. The van der Waals surface area contributed by atoms with Gasteiger partial charge in [-0.25, -0.2) is 0 Å². The first kappa shape index (κ1) is 9.43. The van der Waals surface area contributed by atoms with E-state index in [4.69, 9.17) is 4.52 Å². The van der Waals surface area contributed by atoms with E-state index in [1.165, 1.54) is 10.4 Å². The molecule has 0 aliphatic carbocycles. The molecule has 0 unspecified atom stereocenters. The van der Waals surface area contributed by atoms with E-state index >= 15 is 0 Å². The van der Waals surface area contributed by atoms with Crippen LogP contribution in [0.1, 0.15) is 16.2 Å².